The molecule has 0 saturated heterocycles. The van der Waals surface area contributed by atoms with Crippen LogP contribution >= 0.6 is 0 Å². The second kappa shape index (κ2) is 6.43. The lowest BCUT2D eigenvalue weighted by atomic mass is 9.96. The molecule has 0 spiro atoms. The molecular weight excluding hydrogens is 360 g/mol. The third-order valence-electron chi connectivity index (χ3n) is 4.48. The standard InChI is InChI=1S/C19H22N6O3/c1-19(2,3)9-24-14-6-13(11-7-20-10-21-8-11)23-25(14)18(28)15(17(24)27)16(26)22-12-4-5-12/h6-8,10,12,27H,4-5,9H2,1-3H3,(H,22,26). The van der Waals surface area contributed by atoms with Crippen LogP contribution in [0.5, 0.6) is 5.88 Å². The summed E-state index contributed by atoms with van der Waals surface area (Å²) in [6.45, 7) is 6.41. The summed E-state index contributed by atoms with van der Waals surface area (Å²) in [7, 11) is 0. The quantitative estimate of drug-likeness (QED) is 0.708. The van der Waals surface area contributed by atoms with E-state index in [1.54, 1.807) is 23.0 Å². The molecule has 9 nitrogen and oxygen atoms in total. The normalized spacial score (nSPS) is 14.4. The molecular formula is C19H22N6O3. The van der Waals surface area contributed by atoms with Crippen LogP contribution in [0.4, 0.5) is 0 Å². The first-order valence-corrected chi connectivity index (χ1v) is 9.16. The maximum absolute atomic E-state index is 13.0. The van der Waals surface area contributed by atoms with Crippen molar-refractivity contribution in [2.75, 3.05) is 0 Å². The Kier molecular flexibility index (Phi) is 4.17. The molecule has 4 rings (SSSR count). The lowest BCUT2D eigenvalue weighted by Crippen LogP contribution is -2.35. The Hall–Kier alpha value is -3.23. The number of hydrogen-bond donors (Lipinski definition) is 2. The Morgan fingerprint density at radius 1 is 1.29 bits per heavy atom. The molecule has 2 N–H and O–H groups in total. The summed E-state index contributed by atoms with van der Waals surface area (Å²) in [6, 6.07) is 1.75. The van der Waals surface area contributed by atoms with Crippen LogP contribution in [0, 0.1) is 5.41 Å². The van der Waals surface area contributed by atoms with Crippen LogP contribution < -0.4 is 10.9 Å². The van der Waals surface area contributed by atoms with Gasteiger partial charge in [0, 0.05) is 36.6 Å². The maximum atomic E-state index is 13.0. The summed E-state index contributed by atoms with van der Waals surface area (Å²) < 4.78 is 2.72. The van der Waals surface area contributed by atoms with Crippen molar-refractivity contribution in [3.8, 4) is 17.1 Å². The molecule has 3 aromatic heterocycles. The minimum atomic E-state index is -0.654. The van der Waals surface area contributed by atoms with E-state index in [0.29, 0.717) is 23.4 Å². The molecule has 0 aliphatic heterocycles. The number of carbonyl (C=O) groups excluding carboxylic acids is 1. The molecule has 28 heavy (non-hydrogen) atoms. The zero-order valence-corrected chi connectivity index (χ0v) is 16.0. The van der Waals surface area contributed by atoms with Gasteiger partial charge in [-0.15, -0.1) is 0 Å². The van der Waals surface area contributed by atoms with E-state index in [1.807, 2.05) is 20.8 Å². The average Bonchev–Trinajstić information content (AvgIpc) is 3.32. The number of carbonyl (C=O) groups is 1. The van der Waals surface area contributed by atoms with Crippen LogP contribution in [0.1, 0.15) is 44.0 Å². The molecule has 1 saturated carbocycles. The van der Waals surface area contributed by atoms with E-state index in [4.69, 9.17) is 0 Å². The molecule has 0 atom stereocenters. The highest BCUT2D eigenvalue weighted by Crippen LogP contribution is 2.27. The van der Waals surface area contributed by atoms with Crippen LogP contribution in [0.2, 0.25) is 0 Å². The van der Waals surface area contributed by atoms with Gasteiger partial charge in [0.15, 0.2) is 5.56 Å². The third kappa shape index (κ3) is 3.35. The van der Waals surface area contributed by atoms with E-state index in [0.717, 1.165) is 17.4 Å². The van der Waals surface area contributed by atoms with Crippen LogP contribution in [0.15, 0.2) is 29.6 Å². The molecule has 1 aliphatic rings. The number of aromatic hydroxyl groups is 1. The molecule has 1 fully saturated rings. The number of nitrogens with one attached hydrogen (secondary N) is 1. The minimum Gasteiger partial charge on any atom is -0.494 e. The van der Waals surface area contributed by atoms with Crippen molar-refractivity contribution in [2.24, 2.45) is 5.41 Å². The average molecular weight is 382 g/mol. The first kappa shape index (κ1) is 18.1. The topological polar surface area (TPSA) is 114 Å². The molecule has 1 amide bonds. The van der Waals surface area contributed by atoms with Crippen LogP contribution in [-0.2, 0) is 6.54 Å². The largest absolute Gasteiger partial charge is 0.494 e. The predicted octanol–water partition coefficient (Wildman–Crippen LogP) is 1.60. The summed E-state index contributed by atoms with van der Waals surface area (Å²) in [6.07, 6.45) is 6.35. The summed E-state index contributed by atoms with van der Waals surface area (Å²) in [5.41, 5.74) is 0.369. The number of fused-ring (bicyclic) bond motifs is 1. The van der Waals surface area contributed by atoms with Gasteiger partial charge < -0.3 is 10.4 Å². The number of amides is 1. The van der Waals surface area contributed by atoms with Gasteiger partial charge in [-0.2, -0.15) is 9.61 Å². The fraction of sp³-hybridized carbons (Fsp3) is 0.421. The highest BCUT2D eigenvalue weighted by atomic mass is 16.3. The Labute approximate surface area is 161 Å². The smallest absolute Gasteiger partial charge is 0.291 e. The Balaban J connectivity index is 1.95. The predicted molar refractivity (Wildman–Crippen MR) is 102 cm³/mol. The minimum absolute atomic E-state index is 0.0627. The molecule has 146 valence electrons. The van der Waals surface area contributed by atoms with E-state index in [2.05, 4.69) is 20.4 Å². The first-order chi connectivity index (χ1) is 13.2. The zero-order chi connectivity index (χ0) is 20.1. The first-order valence-electron chi connectivity index (χ1n) is 9.16. The van der Waals surface area contributed by atoms with Gasteiger partial charge in [-0.25, -0.2) is 9.97 Å². The highest BCUT2D eigenvalue weighted by molar-refractivity contribution is 5.96. The molecule has 0 unspecified atom stereocenters. The van der Waals surface area contributed by atoms with Crippen LogP contribution in [0.3, 0.4) is 0 Å². The van der Waals surface area contributed by atoms with Gasteiger partial charge in [-0.3, -0.25) is 14.2 Å². The summed E-state index contributed by atoms with van der Waals surface area (Å²) >= 11 is 0. The highest BCUT2D eigenvalue weighted by Gasteiger charge is 2.30. The van der Waals surface area contributed by atoms with Gasteiger partial charge in [0.05, 0.1) is 5.69 Å². The summed E-state index contributed by atoms with van der Waals surface area (Å²) in [5.74, 6) is -0.920. The van der Waals surface area contributed by atoms with Gasteiger partial charge in [0.1, 0.15) is 12.0 Å². The van der Waals surface area contributed by atoms with Gasteiger partial charge in [0.2, 0.25) is 5.88 Å². The van der Waals surface area contributed by atoms with Crippen molar-refractivity contribution in [3.05, 3.63) is 40.7 Å². The fourth-order valence-corrected chi connectivity index (χ4v) is 3.04. The number of hydrogen-bond acceptors (Lipinski definition) is 6. The van der Waals surface area contributed by atoms with E-state index in [9.17, 15) is 14.7 Å². The number of nitrogens with zero attached hydrogens (tertiary/aromatic N) is 5. The zero-order valence-electron chi connectivity index (χ0n) is 16.0. The molecule has 0 radical (unpaired) electrons. The maximum Gasteiger partial charge on any atom is 0.291 e. The van der Waals surface area contributed by atoms with Crippen molar-refractivity contribution in [1.29, 1.82) is 0 Å². The molecule has 3 heterocycles. The van der Waals surface area contributed by atoms with Gasteiger partial charge in [-0.05, 0) is 18.3 Å². The van der Waals surface area contributed by atoms with Gasteiger partial charge in [-0.1, -0.05) is 20.8 Å². The Morgan fingerprint density at radius 2 is 1.96 bits per heavy atom. The summed E-state index contributed by atoms with van der Waals surface area (Å²) in [5, 5.41) is 18.0. The molecule has 0 bridgehead atoms. The van der Waals surface area contributed by atoms with E-state index in [-0.39, 0.29) is 22.9 Å². The van der Waals surface area contributed by atoms with Crippen molar-refractivity contribution in [2.45, 2.75) is 46.2 Å². The lowest BCUT2D eigenvalue weighted by Gasteiger charge is -2.23. The van der Waals surface area contributed by atoms with Crippen molar-refractivity contribution in [3.63, 3.8) is 0 Å². The number of aromatic nitrogens is 5. The molecule has 1 aliphatic carbocycles. The second-order valence-corrected chi connectivity index (χ2v) is 8.33. The van der Waals surface area contributed by atoms with E-state index >= 15 is 0 Å². The molecule has 0 aromatic carbocycles. The Morgan fingerprint density at radius 3 is 2.57 bits per heavy atom. The van der Waals surface area contributed by atoms with Gasteiger partial charge in [0.25, 0.3) is 11.5 Å². The summed E-state index contributed by atoms with van der Waals surface area (Å²) in [4.78, 5) is 33.6. The molecule has 3 aromatic rings. The number of rotatable bonds is 4. The van der Waals surface area contributed by atoms with Crippen LogP contribution in [0.25, 0.3) is 16.9 Å². The molecule has 9 heteroatoms. The Bertz CT molecular complexity index is 1110. The fourth-order valence-electron chi connectivity index (χ4n) is 3.04. The third-order valence-corrected chi connectivity index (χ3v) is 4.48. The van der Waals surface area contributed by atoms with Crippen LogP contribution in [-0.4, -0.2) is 41.2 Å². The van der Waals surface area contributed by atoms with Crippen molar-refractivity contribution < 1.29 is 9.90 Å². The van der Waals surface area contributed by atoms with E-state index < -0.39 is 11.5 Å². The monoisotopic (exact) mass is 382 g/mol. The van der Waals surface area contributed by atoms with E-state index in [1.165, 1.54) is 6.33 Å². The SMILES string of the molecule is CC(C)(C)Cn1c(O)c(C(=O)NC2CC2)c(=O)n2nc(-c3cncnc3)cc12. The lowest BCUT2D eigenvalue weighted by molar-refractivity contribution is 0.0944. The second-order valence-electron chi connectivity index (χ2n) is 8.33. The van der Waals surface area contributed by atoms with Crippen molar-refractivity contribution in [1.82, 2.24) is 29.5 Å². The van der Waals surface area contributed by atoms with Crippen molar-refractivity contribution >= 4 is 11.6 Å². The van der Waals surface area contributed by atoms with Gasteiger partial charge >= 0.3 is 0 Å².